The zero-order chi connectivity index (χ0) is 16.2. The van der Waals surface area contributed by atoms with Crippen LogP contribution >= 0.6 is 0 Å². The summed E-state index contributed by atoms with van der Waals surface area (Å²) in [6, 6.07) is 13.1. The van der Waals surface area contributed by atoms with Crippen molar-refractivity contribution in [2.45, 2.75) is 26.3 Å². The number of rotatable bonds is 4. The summed E-state index contributed by atoms with van der Waals surface area (Å²) in [6.45, 7) is 4.24. The first-order chi connectivity index (χ1) is 11.2. The summed E-state index contributed by atoms with van der Waals surface area (Å²) >= 11 is 0. The molecule has 0 saturated carbocycles. The van der Waals surface area contributed by atoms with Crippen LogP contribution in [0.15, 0.2) is 42.5 Å². The second-order valence-corrected chi connectivity index (χ2v) is 5.44. The Labute approximate surface area is 135 Å². The number of para-hydroxylation sites is 1. The smallest absolute Gasteiger partial charge is 0.319 e. The highest BCUT2D eigenvalue weighted by Crippen LogP contribution is 2.34. The number of benzene rings is 2. The number of carbonyl (C=O) groups excluding carboxylic acids is 1. The van der Waals surface area contributed by atoms with Gasteiger partial charge >= 0.3 is 6.03 Å². The monoisotopic (exact) mass is 312 g/mol. The lowest BCUT2D eigenvalue weighted by Crippen LogP contribution is -2.31. The van der Waals surface area contributed by atoms with Crippen LogP contribution in [-0.2, 0) is 6.42 Å². The Morgan fingerprint density at radius 2 is 1.96 bits per heavy atom. The standard InChI is InChI=1S/C18H20N2O3/c1-3-13-6-4-5-7-15(13)20-18(21)19-12(2)14-8-9-16-17(10-14)23-11-22-16/h4-10,12H,3,11H2,1-2H3,(H2,19,20,21). The number of fused-ring (bicyclic) bond motifs is 1. The second-order valence-electron chi connectivity index (χ2n) is 5.44. The molecule has 0 fully saturated rings. The molecule has 0 aromatic heterocycles. The van der Waals surface area contributed by atoms with E-state index in [1.165, 1.54) is 0 Å². The lowest BCUT2D eigenvalue weighted by atomic mass is 10.1. The minimum Gasteiger partial charge on any atom is -0.454 e. The summed E-state index contributed by atoms with van der Waals surface area (Å²) in [6.07, 6.45) is 0.869. The van der Waals surface area contributed by atoms with Crippen LogP contribution in [0.5, 0.6) is 11.5 Å². The van der Waals surface area contributed by atoms with E-state index in [0.717, 1.165) is 29.0 Å². The molecule has 2 aromatic carbocycles. The number of carbonyl (C=O) groups is 1. The van der Waals surface area contributed by atoms with E-state index in [4.69, 9.17) is 9.47 Å². The van der Waals surface area contributed by atoms with Crippen molar-refractivity contribution in [3.8, 4) is 11.5 Å². The zero-order valence-corrected chi connectivity index (χ0v) is 13.3. The molecule has 0 aliphatic carbocycles. The minimum atomic E-state index is -0.226. The molecule has 1 unspecified atom stereocenters. The van der Waals surface area contributed by atoms with Gasteiger partial charge in [-0.25, -0.2) is 4.79 Å². The third-order valence-corrected chi connectivity index (χ3v) is 3.89. The molecule has 1 aliphatic heterocycles. The van der Waals surface area contributed by atoms with Crippen molar-refractivity contribution in [3.05, 3.63) is 53.6 Å². The molecule has 0 bridgehead atoms. The fourth-order valence-corrected chi connectivity index (χ4v) is 2.57. The second kappa shape index (κ2) is 6.60. The largest absolute Gasteiger partial charge is 0.454 e. The van der Waals surface area contributed by atoms with E-state index in [2.05, 4.69) is 17.6 Å². The van der Waals surface area contributed by atoms with E-state index in [0.29, 0.717) is 5.75 Å². The van der Waals surface area contributed by atoms with E-state index >= 15 is 0 Å². The number of anilines is 1. The molecule has 2 amide bonds. The SMILES string of the molecule is CCc1ccccc1NC(=O)NC(C)c1ccc2c(c1)OCO2. The molecule has 1 aliphatic rings. The number of ether oxygens (including phenoxy) is 2. The Balaban J connectivity index is 1.65. The Kier molecular flexibility index (Phi) is 4.37. The van der Waals surface area contributed by atoms with Gasteiger partial charge in [0.05, 0.1) is 6.04 Å². The van der Waals surface area contributed by atoms with Gasteiger partial charge in [0.2, 0.25) is 6.79 Å². The van der Waals surface area contributed by atoms with Gasteiger partial charge in [-0.2, -0.15) is 0 Å². The molecule has 2 aromatic rings. The summed E-state index contributed by atoms with van der Waals surface area (Å²) in [5, 5.41) is 5.85. The topological polar surface area (TPSA) is 59.6 Å². The van der Waals surface area contributed by atoms with Crippen LogP contribution in [0.3, 0.4) is 0 Å². The molecule has 0 spiro atoms. The van der Waals surface area contributed by atoms with Crippen molar-refractivity contribution in [3.63, 3.8) is 0 Å². The number of aryl methyl sites for hydroxylation is 1. The summed E-state index contributed by atoms with van der Waals surface area (Å²) in [7, 11) is 0. The summed E-state index contributed by atoms with van der Waals surface area (Å²) in [5.74, 6) is 1.45. The predicted octanol–water partition coefficient (Wildman–Crippen LogP) is 3.86. The molecular weight excluding hydrogens is 292 g/mol. The van der Waals surface area contributed by atoms with Crippen LogP contribution in [0.25, 0.3) is 0 Å². The third kappa shape index (κ3) is 3.39. The Bertz CT molecular complexity index is 715. The Morgan fingerprint density at radius 1 is 1.17 bits per heavy atom. The molecule has 23 heavy (non-hydrogen) atoms. The van der Waals surface area contributed by atoms with Gasteiger partial charge in [0.25, 0.3) is 0 Å². The average molecular weight is 312 g/mol. The van der Waals surface area contributed by atoms with E-state index in [9.17, 15) is 4.79 Å². The summed E-state index contributed by atoms with van der Waals surface area (Å²) < 4.78 is 10.7. The normalized spacial score (nSPS) is 13.5. The van der Waals surface area contributed by atoms with Gasteiger partial charge in [0.15, 0.2) is 11.5 Å². The highest BCUT2D eigenvalue weighted by Gasteiger charge is 2.17. The fraction of sp³-hybridized carbons (Fsp3) is 0.278. The lowest BCUT2D eigenvalue weighted by molar-refractivity contribution is 0.174. The third-order valence-electron chi connectivity index (χ3n) is 3.89. The van der Waals surface area contributed by atoms with Gasteiger partial charge in [-0.05, 0) is 42.7 Å². The first-order valence-corrected chi connectivity index (χ1v) is 7.72. The number of urea groups is 1. The molecule has 2 N–H and O–H groups in total. The molecule has 5 nitrogen and oxygen atoms in total. The number of hydrogen-bond donors (Lipinski definition) is 2. The van der Waals surface area contributed by atoms with Gasteiger partial charge in [-0.1, -0.05) is 31.2 Å². The average Bonchev–Trinajstić information content (AvgIpc) is 3.02. The van der Waals surface area contributed by atoms with Gasteiger partial charge in [-0.3, -0.25) is 0 Å². The van der Waals surface area contributed by atoms with Crippen molar-refractivity contribution in [2.24, 2.45) is 0 Å². The van der Waals surface area contributed by atoms with Crippen LogP contribution in [-0.4, -0.2) is 12.8 Å². The molecule has 0 saturated heterocycles. The quantitative estimate of drug-likeness (QED) is 0.901. The molecule has 0 radical (unpaired) electrons. The van der Waals surface area contributed by atoms with E-state index in [1.54, 1.807) is 0 Å². The molecule has 5 heteroatoms. The van der Waals surface area contributed by atoms with Crippen molar-refractivity contribution < 1.29 is 14.3 Å². The maximum absolute atomic E-state index is 12.2. The zero-order valence-electron chi connectivity index (χ0n) is 13.3. The first kappa shape index (κ1) is 15.2. The molecular formula is C18H20N2O3. The minimum absolute atomic E-state index is 0.140. The van der Waals surface area contributed by atoms with Crippen molar-refractivity contribution in [1.29, 1.82) is 0 Å². The maximum Gasteiger partial charge on any atom is 0.319 e. The number of nitrogens with one attached hydrogen (secondary N) is 2. The van der Waals surface area contributed by atoms with Crippen LogP contribution in [0.4, 0.5) is 10.5 Å². The van der Waals surface area contributed by atoms with Crippen LogP contribution in [0.1, 0.15) is 31.0 Å². The maximum atomic E-state index is 12.2. The fourth-order valence-electron chi connectivity index (χ4n) is 2.57. The molecule has 1 heterocycles. The van der Waals surface area contributed by atoms with E-state index in [-0.39, 0.29) is 18.9 Å². The Hall–Kier alpha value is -2.69. The van der Waals surface area contributed by atoms with E-state index < -0.39 is 0 Å². The number of hydrogen-bond acceptors (Lipinski definition) is 3. The van der Waals surface area contributed by atoms with Crippen molar-refractivity contribution >= 4 is 11.7 Å². The highest BCUT2D eigenvalue weighted by atomic mass is 16.7. The van der Waals surface area contributed by atoms with Gasteiger partial charge in [0.1, 0.15) is 0 Å². The van der Waals surface area contributed by atoms with Gasteiger partial charge in [-0.15, -0.1) is 0 Å². The van der Waals surface area contributed by atoms with Crippen molar-refractivity contribution in [2.75, 3.05) is 12.1 Å². The molecule has 120 valence electrons. The van der Waals surface area contributed by atoms with Crippen molar-refractivity contribution in [1.82, 2.24) is 5.32 Å². The lowest BCUT2D eigenvalue weighted by Gasteiger charge is -2.16. The highest BCUT2D eigenvalue weighted by molar-refractivity contribution is 5.90. The number of amides is 2. The summed E-state index contributed by atoms with van der Waals surface area (Å²) in [5.41, 5.74) is 2.91. The molecule has 1 atom stereocenters. The Morgan fingerprint density at radius 3 is 2.78 bits per heavy atom. The summed E-state index contributed by atoms with van der Waals surface area (Å²) in [4.78, 5) is 12.2. The van der Waals surface area contributed by atoms with Gasteiger partial charge < -0.3 is 20.1 Å². The van der Waals surface area contributed by atoms with Crippen LogP contribution in [0.2, 0.25) is 0 Å². The van der Waals surface area contributed by atoms with Gasteiger partial charge in [0, 0.05) is 5.69 Å². The predicted molar refractivity (Wildman–Crippen MR) is 89.0 cm³/mol. The van der Waals surface area contributed by atoms with Crippen LogP contribution in [0, 0.1) is 0 Å². The van der Waals surface area contributed by atoms with Crippen LogP contribution < -0.4 is 20.1 Å². The molecule has 3 rings (SSSR count). The van der Waals surface area contributed by atoms with E-state index in [1.807, 2.05) is 49.4 Å². The first-order valence-electron chi connectivity index (χ1n) is 7.72.